The van der Waals surface area contributed by atoms with Crippen LogP contribution < -0.4 is 5.32 Å². The molecule has 1 aromatic carbocycles. The van der Waals surface area contributed by atoms with Gasteiger partial charge in [0.2, 0.25) is 11.0 Å². The van der Waals surface area contributed by atoms with Crippen LogP contribution in [0.15, 0.2) is 34.8 Å². The average molecular weight is 380 g/mol. The highest BCUT2D eigenvalue weighted by Crippen LogP contribution is 2.28. The lowest BCUT2D eigenvalue weighted by atomic mass is 10.2. The number of ether oxygens (including phenoxy) is 1. The first-order valence-electron chi connectivity index (χ1n) is 6.89. The maximum atomic E-state index is 12.9. The van der Waals surface area contributed by atoms with Gasteiger partial charge in [0.25, 0.3) is 14.4 Å². The molecule has 2 heterocycles. The molecule has 130 valence electrons. The summed E-state index contributed by atoms with van der Waals surface area (Å²) in [5, 5.41) is 10.1. The van der Waals surface area contributed by atoms with Crippen molar-refractivity contribution in [1.29, 1.82) is 0 Å². The predicted octanol–water partition coefficient (Wildman–Crippen LogP) is 1.47. The molecule has 0 bridgehead atoms. The van der Waals surface area contributed by atoms with Crippen molar-refractivity contribution >= 4 is 49.3 Å². The predicted molar refractivity (Wildman–Crippen MR) is 90.1 cm³/mol. The lowest BCUT2D eigenvalue weighted by Crippen LogP contribution is -2.12. The molecule has 0 aliphatic heterocycles. The second-order valence-electron chi connectivity index (χ2n) is 4.91. The molecule has 0 aliphatic carbocycles. The van der Waals surface area contributed by atoms with E-state index >= 15 is 0 Å². The molecule has 0 unspecified atom stereocenters. The maximum Gasteiger partial charge on any atom is 0.340 e. The number of aromatic nitrogens is 3. The molecule has 11 heteroatoms. The highest BCUT2D eigenvalue weighted by atomic mass is 32.2. The number of hydrogen-bond acceptors (Lipinski definition) is 8. The number of hydrogen-bond donors (Lipinski definition) is 1. The molecule has 1 amide bonds. The maximum absolute atomic E-state index is 12.9. The van der Waals surface area contributed by atoms with E-state index in [1.54, 1.807) is 24.3 Å². The summed E-state index contributed by atoms with van der Waals surface area (Å²) in [6.07, 6.45) is 1.19. The zero-order chi connectivity index (χ0) is 18.2. The largest absolute Gasteiger partial charge is 0.465 e. The Kier molecular flexibility index (Phi) is 4.27. The lowest BCUT2D eigenvalue weighted by molar-refractivity contribution is -0.114. The minimum absolute atomic E-state index is 0.0655. The molecule has 0 fully saturated rings. The van der Waals surface area contributed by atoms with Crippen molar-refractivity contribution in [2.45, 2.75) is 11.3 Å². The van der Waals surface area contributed by atoms with Gasteiger partial charge in [0, 0.05) is 18.5 Å². The third kappa shape index (κ3) is 2.98. The molecule has 2 aromatic heterocycles. The van der Waals surface area contributed by atoms with Crippen LogP contribution in [0, 0.1) is 0 Å². The third-order valence-corrected chi connectivity index (χ3v) is 6.11. The summed E-state index contributed by atoms with van der Waals surface area (Å²) in [7, 11) is -2.88. The average Bonchev–Trinajstić information content (AvgIpc) is 3.19. The molecule has 25 heavy (non-hydrogen) atoms. The second-order valence-corrected chi connectivity index (χ2v) is 7.87. The molecule has 0 saturated heterocycles. The summed E-state index contributed by atoms with van der Waals surface area (Å²) < 4.78 is 31.1. The monoisotopic (exact) mass is 380 g/mol. The standard InChI is InChI=1S/C14H12N4O5S2/c1-8(19)15-13-16-17-14(24-13)25(21,22)18-7-10(12(20)23-2)9-5-3-4-6-11(9)18/h3-7H,1-2H3,(H,15,16,19). The summed E-state index contributed by atoms with van der Waals surface area (Å²) in [6, 6.07) is 6.52. The number of rotatable bonds is 4. The number of esters is 1. The number of nitrogens with one attached hydrogen (secondary N) is 1. The van der Waals surface area contributed by atoms with E-state index in [1.807, 2.05) is 0 Å². The SMILES string of the molecule is COC(=O)c1cn(S(=O)(=O)c2nnc(NC(C)=O)s2)c2ccccc12. The number of carbonyl (C=O) groups is 2. The number of benzene rings is 1. The van der Waals surface area contributed by atoms with Gasteiger partial charge in [-0.05, 0) is 6.07 Å². The van der Waals surface area contributed by atoms with Gasteiger partial charge in [-0.25, -0.2) is 8.77 Å². The number of fused-ring (bicyclic) bond motifs is 1. The Morgan fingerprint density at radius 2 is 1.96 bits per heavy atom. The van der Waals surface area contributed by atoms with Crippen LogP contribution in [-0.4, -0.2) is 41.6 Å². The van der Waals surface area contributed by atoms with E-state index in [2.05, 4.69) is 15.5 Å². The van der Waals surface area contributed by atoms with Gasteiger partial charge in [-0.2, -0.15) is 8.42 Å². The van der Waals surface area contributed by atoms with Crippen molar-refractivity contribution in [2.75, 3.05) is 12.4 Å². The number of anilines is 1. The first-order chi connectivity index (χ1) is 11.8. The van der Waals surface area contributed by atoms with E-state index in [0.717, 1.165) is 3.97 Å². The molecule has 0 radical (unpaired) electrons. The van der Waals surface area contributed by atoms with E-state index in [9.17, 15) is 18.0 Å². The van der Waals surface area contributed by atoms with Gasteiger partial charge < -0.3 is 10.1 Å². The number of para-hydroxylation sites is 1. The Balaban J connectivity index is 2.16. The number of methoxy groups -OCH3 is 1. The van der Waals surface area contributed by atoms with Crippen LogP contribution in [0.3, 0.4) is 0 Å². The number of amides is 1. The van der Waals surface area contributed by atoms with E-state index in [1.165, 1.54) is 20.2 Å². The zero-order valence-electron chi connectivity index (χ0n) is 13.1. The Morgan fingerprint density at radius 3 is 2.64 bits per heavy atom. The lowest BCUT2D eigenvalue weighted by Gasteiger charge is -2.03. The van der Waals surface area contributed by atoms with Crippen LogP contribution in [-0.2, 0) is 19.6 Å². The molecule has 0 aliphatic rings. The van der Waals surface area contributed by atoms with Crippen molar-refractivity contribution in [3.8, 4) is 0 Å². The highest BCUT2D eigenvalue weighted by molar-refractivity contribution is 7.92. The third-order valence-electron chi connectivity index (χ3n) is 3.25. The molecule has 3 rings (SSSR count). The second kappa shape index (κ2) is 6.26. The normalized spacial score (nSPS) is 11.4. The number of carbonyl (C=O) groups excluding carboxylic acids is 2. The fourth-order valence-corrected chi connectivity index (χ4v) is 4.62. The van der Waals surface area contributed by atoms with Gasteiger partial charge in [0.15, 0.2) is 0 Å². The Bertz CT molecular complexity index is 1080. The first-order valence-corrected chi connectivity index (χ1v) is 9.15. The fourth-order valence-electron chi connectivity index (χ4n) is 2.22. The van der Waals surface area contributed by atoms with Gasteiger partial charge >= 0.3 is 5.97 Å². The minimum Gasteiger partial charge on any atom is -0.465 e. The van der Waals surface area contributed by atoms with E-state index < -0.39 is 16.0 Å². The van der Waals surface area contributed by atoms with Crippen molar-refractivity contribution in [2.24, 2.45) is 0 Å². The Hall–Kier alpha value is -2.79. The molecule has 0 spiro atoms. The van der Waals surface area contributed by atoms with Crippen molar-refractivity contribution in [3.05, 3.63) is 36.0 Å². The smallest absolute Gasteiger partial charge is 0.340 e. The van der Waals surface area contributed by atoms with Crippen molar-refractivity contribution in [3.63, 3.8) is 0 Å². The van der Waals surface area contributed by atoms with Gasteiger partial charge in [-0.1, -0.05) is 29.5 Å². The number of nitrogens with zero attached hydrogens (tertiary/aromatic N) is 3. The van der Waals surface area contributed by atoms with E-state index in [4.69, 9.17) is 4.74 Å². The van der Waals surface area contributed by atoms with Gasteiger partial charge in [-0.15, -0.1) is 10.2 Å². The van der Waals surface area contributed by atoms with Crippen molar-refractivity contribution < 1.29 is 22.7 Å². The Labute approximate surface area is 146 Å². The topological polar surface area (TPSA) is 120 Å². The fraction of sp³-hybridized carbons (Fsp3) is 0.143. The van der Waals surface area contributed by atoms with E-state index in [0.29, 0.717) is 22.2 Å². The quantitative estimate of drug-likeness (QED) is 0.537. The molecule has 0 atom stereocenters. The van der Waals surface area contributed by atoms with Crippen LogP contribution >= 0.6 is 11.3 Å². The van der Waals surface area contributed by atoms with Gasteiger partial charge in [0.05, 0.1) is 18.2 Å². The molecule has 0 saturated carbocycles. The first kappa shape index (κ1) is 17.0. The van der Waals surface area contributed by atoms with Crippen LogP contribution in [0.25, 0.3) is 10.9 Å². The molecule has 9 nitrogen and oxygen atoms in total. The van der Waals surface area contributed by atoms with Gasteiger partial charge in [-0.3, -0.25) is 4.79 Å². The minimum atomic E-state index is -4.10. The van der Waals surface area contributed by atoms with Crippen LogP contribution in [0.5, 0.6) is 0 Å². The van der Waals surface area contributed by atoms with Crippen LogP contribution in [0.1, 0.15) is 17.3 Å². The van der Waals surface area contributed by atoms with Gasteiger partial charge in [0.1, 0.15) is 0 Å². The zero-order valence-corrected chi connectivity index (χ0v) is 14.7. The summed E-state index contributed by atoms with van der Waals surface area (Å²) in [6.45, 7) is 1.28. The molecule has 1 N–H and O–H groups in total. The summed E-state index contributed by atoms with van der Waals surface area (Å²) in [5.41, 5.74) is 0.424. The Morgan fingerprint density at radius 1 is 1.24 bits per heavy atom. The van der Waals surface area contributed by atoms with E-state index in [-0.39, 0.29) is 20.9 Å². The highest BCUT2D eigenvalue weighted by Gasteiger charge is 2.27. The molecular weight excluding hydrogens is 368 g/mol. The summed E-state index contributed by atoms with van der Waals surface area (Å²) in [4.78, 5) is 23.0. The van der Waals surface area contributed by atoms with Crippen LogP contribution in [0.2, 0.25) is 0 Å². The molecule has 3 aromatic rings. The van der Waals surface area contributed by atoms with Crippen molar-refractivity contribution in [1.82, 2.24) is 14.2 Å². The molecular formula is C14H12N4O5S2. The van der Waals surface area contributed by atoms with Crippen LogP contribution in [0.4, 0.5) is 5.13 Å². The summed E-state index contributed by atoms with van der Waals surface area (Å²) in [5.74, 6) is -1.04. The summed E-state index contributed by atoms with van der Waals surface area (Å²) >= 11 is 0.716.